The highest BCUT2D eigenvalue weighted by Gasteiger charge is 2.23. The van der Waals surface area contributed by atoms with Crippen molar-refractivity contribution in [2.75, 3.05) is 7.11 Å². The molecule has 0 saturated carbocycles. The number of carbonyl (C=O) groups excluding carboxylic acids is 1. The summed E-state index contributed by atoms with van der Waals surface area (Å²) in [5.41, 5.74) is 1.46. The van der Waals surface area contributed by atoms with E-state index in [0.29, 0.717) is 22.4 Å². The van der Waals surface area contributed by atoms with Gasteiger partial charge in [0.1, 0.15) is 11.0 Å². The molecule has 0 N–H and O–H groups in total. The molecule has 1 unspecified atom stereocenters. The summed E-state index contributed by atoms with van der Waals surface area (Å²) >= 11 is 1.28. The fraction of sp³-hybridized carbons (Fsp3) is 0.250. The van der Waals surface area contributed by atoms with Crippen molar-refractivity contribution in [1.29, 1.82) is 0 Å². The van der Waals surface area contributed by atoms with E-state index < -0.39 is 5.25 Å². The molecule has 1 aromatic carbocycles. The van der Waals surface area contributed by atoms with Crippen molar-refractivity contribution in [3.63, 3.8) is 0 Å². The molecule has 3 aromatic rings. The first kappa shape index (κ1) is 16.3. The average Bonchev–Trinajstić information content (AvgIpc) is 3.21. The first-order valence-electron chi connectivity index (χ1n) is 7.29. The van der Waals surface area contributed by atoms with Gasteiger partial charge in [-0.05, 0) is 26.0 Å². The van der Waals surface area contributed by atoms with Gasteiger partial charge in [-0.2, -0.15) is 0 Å². The maximum absolute atomic E-state index is 11.7. The molecule has 0 spiro atoms. The molecule has 2 aromatic heterocycles. The van der Waals surface area contributed by atoms with Crippen LogP contribution in [0.3, 0.4) is 0 Å². The molecule has 0 aliphatic carbocycles. The van der Waals surface area contributed by atoms with Crippen LogP contribution in [0.25, 0.3) is 17.2 Å². The largest absolute Gasteiger partial charge is 0.468 e. The van der Waals surface area contributed by atoms with Crippen molar-refractivity contribution >= 4 is 17.7 Å². The Morgan fingerprint density at radius 2 is 2.04 bits per heavy atom. The molecule has 124 valence electrons. The second-order valence-corrected chi connectivity index (χ2v) is 6.39. The number of ether oxygens (including phenoxy) is 1. The minimum Gasteiger partial charge on any atom is -0.468 e. The van der Waals surface area contributed by atoms with Crippen LogP contribution >= 0.6 is 11.8 Å². The van der Waals surface area contributed by atoms with Crippen LogP contribution in [0.5, 0.6) is 0 Å². The second kappa shape index (κ2) is 6.88. The van der Waals surface area contributed by atoms with Crippen LogP contribution in [0, 0.1) is 6.92 Å². The van der Waals surface area contributed by atoms with Gasteiger partial charge in [0.25, 0.3) is 0 Å². The number of methoxy groups -OCH3 is 1. The molecule has 24 heavy (non-hydrogen) atoms. The number of aromatic nitrogens is 4. The number of esters is 1. The number of thioether (sulfide) groups is 1. The highest BCUT2D eigenvalue weighted by atomic mass is 32.2. The highest BCUT2D eigenvalue weighted by molar-refractivity contribution is 8.00. The zero-order chi connectivity index (χ0) is 17.1. The van der Waals surface area contributed by atoms with Crippen LogP contribution in [0.2, 0.25) is 0 Å². The van der Waals surface area contributed by atoms with Crippen LogP contribution in [-0.2, 0) is 9.53 Å². The molecule has 3 rings (SSSR count). The maximum atomic E-state index is 11.7. The van der Waals surface area contributed by atoms with Crippen molar-refractivity contribution in [1.82, 2.24) is 19.9 Å². The molecule has 0 amide bonds. The Bertz CT molecular complexity index is 844. The van der Waals surface area contributed by atoms with E-state index in [4.69, 9.17) is 9.26 Å². The van der Waals surface area contributed by atoms with Gasteiger partial charge in [-0.1, -0.05) is 35.1 Å². The van der Waals surface area contributed by atoms with Gasteiger partial charge in [0.05, 0.1) is 7.11 Å². The highest BCUT2D eigenvalue weighted by Crippen LogP contribution is 2.30. The smallest absolute Gasteiger partial charge is 0.318 e. The number of hydrogen-bond acceptors (Lipinski definition) is 7. The van der Waals surface area contributed by atoms with Crippen LogP contribution in [-0.4, -0.2) is 38.3 Å². The fourth-order valence-corrected chi connectivity index (χ4v) is 3.06. The molecule has 0 bridgehead atoms. The lowest BCUT2D eigenvalue weighted by Gasteiger charge is -2.11. The second-order valence-electron chi connectivity index (χ2n) is 5.08. The summed E-state index contributed by atoms with van der Waals surface area (Å²) in [5, 5.41) is 12.6. The number of rotatable bonds is 5. The number of hydrogen-bond donors (Lipinski definition) is 0. The van der Waals surface area contributed by atoms with Crippen LogP contribution in [0.4, 0.5) is 0 Å². The third kappa shape index (κ3) is 3.18. The van der Waals surface area contributed by atoms with Gasteiger partial charge in [0.15, 0.2) is 16.7 Å². The van der Waals surface area contributed by atoms with Crippen molar-refractivity contribution < 1.29 is 14.1 Å². The molecule has 0 aliphatic heterocycles. The minimum atomic E-state index is -0.409. The van der Waals surface area contributed by atoms with E-state index in [-0.39, 0.29) is 5.97 Å². The van der Waals surface area contributed by atoms with E-state index in [9.17, 15) is 4.79 Å². The molecule has 0 radical (unpaired) electrons. The number of para-hydroxylation sites is 1. The Balaban J connectivity index is 2.07. The topological polar surface area (TPSA) is 83.0 Å². The van der Waals surface area contributed by atoms with E-state index in [2.05, 4.69) is 15.4 Å². The summed E-state index contributed by atoms with van der Waals surface area (Å²) in [5.74, 6) is 0.920. The van der Waals surface area contributed by atoms with Gasteiger partial charge in [0.2, 0.25) is 0 Å². The lowest BCUT2D eigenvalue weighted by atomic mass is 10.3. The van der Waals surface area contributed by atoms with Gasteiger partial charge in [-0.3, -0.25) is 9.36 Å². The first-order chi connectivity index (χ1) is 11.6. The lowest BCUT2D eigenvalue weighted by molar-refractivity contribution is -0.139. The molecule has 1 atom stereocenters. The summed E-state index contributed by atoms with van der Waals surface area (Å²) in [6, 6.07) is 11.4. The summed E-state index contributed by atoms with van der Waals surface area (Å²) in [6.45, 7) is 3.58. The SMILES string of the molecule is COC(=O)C(C)Sc1nnc(-c2cc(C)on2)n1-c1ccccc1. The van der Waals surface area contributed by atoms with Crippen molar-refractivity contribution in [3.8, 4) is 17.2 Å². The molecule has 0 saturated heterocycles. The summed E-state index contributed by atoms with van der Waals surface area (Å²) in [7, 11) is 1.37. The lowest BCUT2D eigenvalue weighted by Crippen LogP contribution is -2.15. The molecule has 0 aliphatic rings. The fourth-order valence-electron chi connectivity index (χ4n) is 2.17. The van der Waals surface area contributed by atoms with Gasteiger partial charge in [-0.25, -0.2) is 0 Å². The Morgan fingerprint density at radius 3 is 2.67 bits per heavy atom. The van der Waals surface area contributed by atoms with Gasteiger partial charge in [0, 0.05) is 11.8 Å². The van der Waals surface area contributed by atoms with E-state index >= 15 is 0 Å². The van der Waals surface area contributed by atoms with Gasteiger partial charge in [-0.15, -0.1) is 10.2 Å². The third-order valence-corrected chi connectivity index (χ3v) is 4.34. The van der Waals surface area contributed by atoms with E-state index in [0.717, 1.165) is 5.69 Å². The molecule has 7 nitrogen and oxygen atoms in total. The van der Waals surface area contributed by atoms with E-state index in [1.165, 1.54) is 18.9 Å². The van der Waals surface area contributed by atoms with Crippen LogP contribution in [0.1, 0.15) is 12.7 Å². The molecular weight excluding hydrogens is 328 g/mol. The number of nitrogens with zero attached hydrogens (tertiary/aromatic N) is 4. The van der Waals surface area contributed by atoms with Crippen LogP contribution < -0.4 is 0 Å². The third-order valence-electron chi connectivity index (χ3n) is 3.32. The summed E-state index contributed by atoms with van der Waals surface area (Å²) in [6.07, 6.45) is 0. The Labute approximate surface area is 143 Å². The Hall–Kier alpha value is -2.61. The monoisotopic (exact) mass is 344 g/mol. The van der Waals surface area contributed by atoms with E-state index in [1.807, 2.05) is 41.8 Å². The minimum absolute atomic E-state index is 0.318. The Kier molecular flexibility index (Phi) is 4.66. The normalized spacial score (nSPS) is 12.1. The number of carbonyl (C=O) groups is 1. The van der Waals surface area contributed by atoms with Gasteiger partial charge < -0.3 is 9.26 Å². The molecule has 2 heterocycles. The zero-order valence-corrected chi connectivity index (χ0v) is 14.3. The predicted molar refractivity (Wildman–Crippen MR) is 88.9 cm³/mol. The quantitative estimate of drug-likeness (QED) is 0.520. The Morgan fingerprint density at radius 1 is 1.29 bits per heavy atom. The van der Waals surface area contributed by atoms with Crippen LogP contribution in [0.15, 0.2) is 46.1 Å². The van der Waals surface area contributed by atoms with E-state index in [1.54, 1.807) is 13.0 Å². The maximum Gasteiger partial charge on any atom is 0.318 e. The van der Waals surface area contributed by atoms with Gasteiger partial charge >= 0.3 is 5.97 Å². The number of aryl methyl sites for hydroxylation is 1. The van der Waals surface area contributed by atoms with Crippen molar-refractivity contribution in [2.24, 2.45) is 0 Å². The van der Waals surface area contributed by atoms with Crippen molar-refractivity contribution in [3.05, 3.63) is 42.2 Å². The average molecular weight is 344 g/mol. The number of benzene rings is 1. The molecule has 8 heteroatoms. The van der Waals surface area contributed by atoms with Crippen molar-refractivity contribution in [2.45, 2.75) is 24.3 Å². The standard InChI is InChI=1S/C16H16N4O3S/c1-10-9-13(19-23-10)14-17-18-16(24-11(2)15(21)22-3)20(14)12-7-5-4-6-8-12/h4-9,11H,1-3H3. The first-order valence-corrected chi connectivity index (χ1v) is 8.17. The molecular formula is C16H16N4O3S. The summed E-state index contributed by atoms with van der Waals surface area (Å²) in [4.78, 5) is 11.7. The zero-order valence-electron chi connectivity index (χ0n) is 13.5. The predicted octanol–water partition coefficient (Wildman–Crippen LogP) is 2.88. The summed E-state index contributed by atoms with van der Waals surface area (Å²) < 4.78 is 11.8. The molecule has 0 fully saturated rings.